The van der Waals surface area contributed by atoms with E-state index in [-0.39, 0.29) is 18.2 Å². The second-order valence-corrected chi connectivity index (χ2v) is 13.6. The fourth-order valence-corrected chi connectivity index (χ4v) is 6.80. The van der Waals surface area contributed by atoms with Gasteiger partial charge in [0.05, 0.1) is 24.4 Å². The molecule has 4 aromatic rings. The molecule has 5 heterocycles. The number of nitrogens with zero attached hydrogens (tertiary/aromatic N) is 6. The van der Waals surface area contributed by atoms with Gasteiger partial charge < -0.3 is 18.8 Å². The van der Waals surface area contributed by atoms with Crippen molar-refractivity contribution in [1.82, 2.24) is 24.6 Å². The predicted octanol–water partition coefficient (Wildman–Crippen LogP) is 7.17. The first-order valence-corrected chi connectivity index (χ1v) is 17.1. The van der Waals surface area contributed by atoms with E-state index in [0.29, 0.717) is 32.0 Å². The summed E-state index contributed by atoms with van der Waals surface area (Å²) >= 11 is 1.73. The molecule has 2 aliphatic rings. The number of amides is 1. The third-order valence-electron chi connectivity index (χ3n) is 7.97. The van der Waals surface area contributed by atoms with Crippen LogP contribution in [0.3, 0.4) is 0 Å². The highest BCUT2D eigenvalue weighted by molar-refractivity contribution is 7.15. The molecular formula is C36H44N6O4S. The van der Waals surface area contributed by atoms with Crippen molar-refractivity contribution in [1.29, 1.82) is 0 Å². The van der Waals surface area contributed by atoms with Crippen LogP contribution >= 0.6 is 11.3 Å². The van der Waals surface area contributed by atoms with Gasteiger partial charge in [-0.2, -0.15) is 0 Å². The lowest BCUT2D eigenvalue weighted by atomic mass is 9.98. The Morgan fingerprint density at radius 1 is 1.09 bits per heavy atom. The average Bonchev–Trinajstić information content (AvgIpc) is 3.75. The number of hydrogen-bond donors (Lipinski definition) is 0. The van der Waals surface area contributed by atoms with Crippen LogP contribution in [-0.2, 0) is 15.9 Å². The van der Waals surface area contributed by atoms with E-state index >= 15 is 0 Å². The fourth-order valence-electron chi connectivity index (χ4n) is 5.58. The van der Waals surface area contributed by atoms with Crippen LogP contribution in [0.25, 0.3) is 5.00 Å². The summed E-state index contributed by atoms with van der Waals surface area (Å²) in [5, 5.41) is 10.0. The van der Waals surface area contributed by atoms with Gasteiger partial charge in [0.2, 0.25) is 0 Å². The summed E-state index contributed by atoms with van der Waals surface area (Å²) in [5.41, 5.74) is 4.62. The molecule has 0 N–H and O–H groups in total. The van der Waals surface area contributed by atoms with E-state index in [1.54, 1.807) is 28.7 Å². The van der Waals surface area contributed by atoms with E-state index in [9.17, 15) is 4.79 Å². The zero-order valence-corrected chi connectivity index (χ0v) is 29.4. The maximum atomic E-state index is 12.3. The molecule has 1 atom stereocenters. The molecule has 1 aromatic carbocycles. The standard InChI is InChI=1S/C34H38N6O4S.C2H6/c1-21-22(2)45-32-29(21)30(36-27(20-28-35-15-19-43-28)31-38-37-23(3)40(31)32)25-11-9-24(10-12-25)8-7-18-42-26-13-16-39(17-14-26)33(41)44-34(4,5)6;1-2/h9-12,15,19,26-27H,13-14,16-18,20H2,1-6H3;1-2H3. The van der Waals surface area contributed by atoms with Crippen molar-refractivity contribution < 1.29 is 18.7 Å². The number of aromatic nitrogens is 4. The van der Waals surface area contributed by atoms with Crippen LogP contribution in [0.15, 0.2) is 46.1 Å². The number of ether oxygens (including phenoxy) is 2. The van der Waals surface area contributed by atoms with Gasteiger partial charge in [-0.1, -0.05) is 37.8 Å². The Hall–Kier alpha value is -4.27. The van der Waals surface area contributed by atoms with E-state index in [2.05, 4.69) is 57.6 Å². The lowest BCUT2D eigenvalue weighted by molar-refractivity contribution is -0.00375. The van der Waals surface area contributed by atoms with E-state index in [1.807, 2.05) is 53.7 Å². The third kappa shape index (κ3) is 7.83. The number of likely N-dealkylation sites (tertiary alicyclic amines) is 1. The topological polar surface area (TPSA) is 108 Å². The van der Waals surface area contributed by atoms with E-state index in [1.165, 1.54) is 10.4 Å². The minimum atomic E-state index is -0.492. The van der Waals surface area contributed by atoms with Gasteiger partial charge in [0.15, 0.2) is 11.7 Å². The van der Waals surface area contributed by atoms with Gasteiger partial charge in [-0.3, -0.25) is 9.56 Å². The number of carbonyl (C=O) groups excluding carboxylic acids is 1. The average molecular weight is 657 g/mol. The molecule has 0 aliphatic carbocycles. The number of rotatable bonds is 5. The minimum Gasteiger partial charge on any atom is -0.449 e. The fraction of sp³-hybridized carbons (Fsp3) is 0.472. The SMILES string of the molecule is CC.Cc1sc2c(c1C)C(c1ccc(C#CCOC3CCN(C(=O)OC(C)(C)C)CC3)cc1)=NC(Cc1ncco1)c1nnc(C)n1-2. The summed E-state index contributed by atoms with van der Waals surface area (Å²) in [6.45, 7) is 17.5. The number of fused-ring (bicyclic) bond motifs is 3. The molecule has 1 fully saturated rings. The maximum Gasteiger partial charge on any atom is 0.410 e. The van der Waals surface area contributed by atoms with Crippen LogP contribution in [0.4, 0.5) is 4.79 Å². The number of benzene rings is 1. The number of aryl methyl sites for hydroxylation is 2. The highest BCUT2D eigenvalue weighted by atomic mass is 32.1. The quantitative estimate of drug-likeness (QED) is 0.210. The maximum absolute atomic E-state index is 12.3. The Kier molecular flexibility index (Phi) is 10.6. The van der Waals surface area contributed by atoms with Crippen molar-refractivity contribution >= 4 is 23.1 Å². The molecule has 0 bridgehead atoms. The number of piperidine rings is 1. The zero-order valence-electron chi connectivity index (χ0n) is 28.6. The zero-order chi connectivity index (χ0) is 33.7. The highest BCUT2D eigenvalue weighted by Crippen LogP contribution is 2.39. The Balaban J connectivity index is 0.00000213. The molecule has 3 aromatic heterocycles. The number of aliphatic imine (C=N–C) groups is 1. The lowest BCUT2D eigenvalue weighted by Crippen LogP contribution is -2.43. The molecule has 1 amide bonds. The van der Waals surface area contributed by atoms with Gasteiger partial charge in [0, 0.05) is 34.7 Å². The Morgan fingerprint density at radius 2 is 1.81 bits per heavy atom. The molecule has 0 spiro atoms. The van der Waals surface area contributed by atoms with Crippen LogP contribution in [0.5, 0.6) is 0 Å². The Bertz CT molecular complexity index is 1760. The summed E-state index contributed by atoms with van der Waals surface area (Å²) < 4.78 is 19.2. The van der Waals surface area contributed by atoms with Crippen LogP contribution < -0.4 is 0 Å². The van der Waals surface area contributed by atoms with Crippen molar-refractivity contribution in [3.8, 4) is 16.8 Å². The van der Waals surface area contributed by atoms with Gasteiger partial charge in [-0.25, -0.2) is 9.78 Å². The molecule has 10 nitrogen and oxygen atoms in total. The van der Waals surface area contributed by atoms with Gasteiger partial charge in [-0.15, -0.1) is 21.5 Å². The van der Waals surface area contributed by atoms with E-state index < -0.39 is 5.60 Å². The largest absolute Gasteiger partial charge is 0.449 e. The highest BCUT2D eigenvalue weighted by Gasteiger charge is 2.32. The van der Waals surface area contributed by atoms with Crippen LogP contribution in [-0.4, -0.2) is 67.9 Å². The number of hydrogen-bond acceptors (Lipinski definition) is 9. The summed E-state index contributed by atoms with van der Waals surface area (Å²) in [6, 6.07) is 7.89. The van der Waals surface area contributed by atoms with Crippen LogP contribution in [0, 0.1) is 32.6 Å². The van der Waals surface area contributed by atoms with Gasteiger partial charge >= 0.3 is 6.09 Å². The summed E-state index contributed by atoms with van der Waals surface area (Å²) in [7, 11) is 0. The smallest absolute Gasteiger partial charge is 0.410 e. The second-order valence-electron chi connectivity index (χ2n) is 12.4. The van der Waals surface area contributed by atoms with Gasteiger partial charge in [0.25, 0.3) is 0 Å². The molecule has 248 valence electrons. The van der Waals surface area contributed by atoms with Crippen LogP contribution in [0.2, 0.25) is 0 Å². The van der Waals surface area contributed by atoms with Crippen molar-refractivity contribution in [3.63, 3.8) is 0 Å². The molecular weight excluding hydrogens is 613 g/mol. The van der Waals surface area contributed by atoms with E-state index in [0.717, 1.165) is 51.9 Å². The van der Waals surface area contributed by atoms with Crippen molar-refractivity contribution in [2.45, 2.75) is 92.4 Å². The normalized spacial score (nSPS) is 16.1. The molecule has 1 saturated heterocycles. The first-order valence-electron chi connectivity index (χ1n) is 16.2. The van der Waals surface area contributed by atoms with E-state index in [4.69, 9.17) is 18.9 Å². The molecule has 6 rings (SSSR count). The van der Waals surface area contributed by atoms with Crippen molar-refractivity contribution in [3.05, 3.63) is 81.4 Å². The monoisotopic (exact) mass is 656 g/mol. The van der Waals surface area contributed by atoms with Gasteiger partial charge in [0.1, 0.15) is 35.3 Å². The number of oxazole rings is 1. The van der Waals surface area contributed by atoms with Crippen molar-refractivity contribution in [2.24, 2.45) is 4.99 Å². The first kappa shape index (κ1) is 34.1. The third-order valence-corrected chi connectivity index (χ3v) is 9.16. The molecule has 0 saturated carbocycles. The molecule has 11 heteroatoms. The summed E-state index contributed by atoms with van der Waals surface area (Å²) in [5.74, 6) is 8.59. The minimum absolute atomic E-state index is 0.0814. The molecule has 0 radical (unpaired) electrons. The number of thiophene rings is 1. The summed E-state index contributed by atoms with van der Waals surface area (Å²) in [6.07, 6.45) is 5.07. The number of carbonyl (C=O) groups is 1. The van der Waals surface area contributed by atoms with Gasteiger partial charge in [-0.05, 0) is 72.1 Å². The molecule has 47 heavy (non-hydrogen) atoms. The molecule has 2 aliphatic heterocycles. The predicted molar refractivity (Wildman–Crippen MR) is 183 cm³/mol. The lowest BCUT2D eigenvalue weighted by Gasteiger charge is -2.33. The Labute approximate surface area is 281 Å². The summed E-state index contributed by atoms with van der Waals surface area (Å²) in [4.78, 5) is 24.9. The Morgan fingerprint density at radius 3 is 2.47 bits per heavy atom. The first-order chi connectivity index (χ1) is 22.6. The van der Waals surface area contributed by atoms with Crippen LogP contribution in [0.1, 0.15) is 98.2 Å². The molecule has 1 unspecified atom stereocenters. The second kappa shape index (κ2) is 14.7. The van der Waals surface area contributed by atoms with Crippen molar-refractivity contribution in [2.75, 3.05) is 19.7 Å².